The number of carbonyl (C=O) groups excluding carboxylic acids is 1. The smallest absolute Gasteiger partial charge is 0.294 e. The van der Waals surface area contributed by atoms with Gasteiger partial charge in [0, 0.05) is 16.7 Å². The van der Waals surface area contributed by atoms with E-state index >= 15 is 0 Å². The predicted molar refractivity (Wildman–Crippen MR) is 86.5 cm³/mol. The number of nitro groups is 1. The molecule has 0 aliphatic rings. The molecule has 0 fully saturated rings. The molecule has 6 nitrogen and oxygen atoms in total. The molecule has 0 saturated carbocycles. The number of rotatable bonds is 6. The Bertz CT molecular complexity index is 676. The molecule has 2 aromatic rings. The lowest BCUT2D eigenvalue weighted by atomic mass is 10.2. The van der Waals surface area contributed by atoms with E-state index < -0.39 is 4.92 Å². The molecule has 8 heteroatoms. The van der Waals surface area contributed by atoms with Crippen LogP contribution in [0.3, 0.4) is 0 Å². The van der Waals surface area contributed by atoms with Gasteiger partial charge >= 0.3 is 0 Å². The first-order valence-corrected chi connectivity index (χ1v) is 7.84. The summed E-state index contributed by atoms with van der Waals surface area (Å²) in [4.78, 5) is 23.4. The van der Waals surface area contributed by atoms with Crippen molar-refractivity contribution in [2.45, 2.75) is 6.54 Å². The number of amides is 1. The number of hydrogen-bond donors (Lipinski definition) is 2. The molecule has 2 rings (SSSR count). The van der Waals surface area contributed by atoms with Gasteiger partial charge in [-0.1, -0.05) is 11.6 Å². The highest BCUT2D eigenvalue weighted by molar-refractivity contribution is 7.07. The highest BCUT2D eigenvalue weighted by Crippen LogP contribution is 2.27. The molecule has 0 spiro atoms. The van der Waals surface area contributed by atoms with Crippen molar-refractivity contribution >= 4 is 40.2 Å². The fraction of sp³-hybridized carbons (Fsp3) is 0.214. The first kappa shape index (κ1) is 16.4. The summed E-state index contributed by atoms with van der Waals surface area (Å²) in [6.07, 6.45) is 0. The molecule has 116 valence electrons. The molecule has 22 heavy (non-hydrogen) atoms. The van der Waals surface area contributed by atoms with Crippen molar-refractivity contribution < 1.29 is 14.6 Å². The number of nitrogens with one attached hydrogen (secondary N) is 2. The van der Waals surface area contributed by atoms with Gasteiger partial charge in [-0.15, -0.1) is 0 Å². The Morgan fingerprint density at radius 1 is 1.45 bits per heavy atom. The van der Waals surface area contributed by atoms with Crippen LogP contribution in [-0.4, -0.2) is 24.4 Å². The van der Waals surface area contributed by atoms with Crippen molar-refractivity contribution in [2.75, 3.05) is 18.9 Å². The van der Waals surface area contributed by atoms with Gasteiger partial charge in [-0.3, -0.25) is 14.9 Å². The zero-order valence-electron chi connectivity index (χ0n) is 11.8. The molecule has 1 unspecified atom stereocenters. The van der Waals surface area contributed by atoms with Crippen molar-refractivity contribution in [2.24, 2.45) is 0 Å². The third-order valence-corrected chi connectivity index (χ3v) is 3.95. The zero-order valence-corrected chi connectivity index (χ0v) is 13.4. The third-order valence-electron chi connectivity index (χ3n) is 2.98. The van der Waals surface area contributed by atoms with Crippen LogP contribution in [0.4, 0.5) is 11.4 Å². The number of thiophene rings is 1. The molecule has 0 aliphatic heterocycles. The highest BCUT2D eigenvalue weighted by Gasteiger charge is 2.18. The van der Waals surface area contributed by atoms with Crippen LogP contribution in [0, 0.1) is 10.1 Å². The standard InChI is InChI=1S/C14H14ClN3O3S/c1-17(7-10-4-5-22-9-10)8-14(19)16-12-3-2-11(15)6-13(12)18(20)21/h2-6,9H,7-8H2,1H3,(H,16,19)/p+1. The van der Waals surface area contributed by atoms with Gasteiger partial charge in [0.25, 0.3) is 11.6 Å². The van der Waals surface area contributed by atoms with Gasteiger partial charge in [-0.25, -0.2) is 0 Å². The number of anilines is 1. The fourth-order valence-electron chi connectivity index (χ4n) is 2.03. The minimum Gasteiger partial charge on any atom is -0.326 e. The number of quaternary nitrogens is 1. The summed E-state index contributed by atoms with van der Waals surface area (Å²) in [5.74, 6) is -0.279. The first-order chi connectivity index (χ1) is 10.5. The second-order valence-corrected chi connectivity index (χ2v) is 6.13. The summed E-state index contributed by atoms with van der Waals surface area (Å²) in [7, 11) is 1.90. The number of likely N-dealkylation sites (N-methyl/N-ethyl adjacent to an activating group) is 1. The minimum atomic E-state index is -0.566. The Morgan fingerprint density at radius 3 is 2.86 bits per heavy atom. The van der Waals surface area contributed by atoms with E-state index in [9.17, 15) is 14.9 Å². The number of halogens is 1. The van der Waals surface area contributed by atoms with Crippen molar-refractivity contribution in [3.8, 4) is 0 Å². The SMILES string of the molecule is C[NH+](CC(=O)Nc1ccc(Cl)cc1[N+](=O)[O-])Cc1ccsc1. The molecule has 0 aliphatic carbocycles. The van der Waals surface area contributed by atoms with E-state index in [1.54, 1.807) is 11.3 Å². The first-order valence-electron chi connectivity index (χ1n) is 6.52. The Kier molecular flexibility index (Phi) is 5.48. The molecule has 1 aromatic heterocycles. The zero-order chi connectivity index (χ0) is 16.1. The van der Waals surface area contributed by atoms with E-state index in [0.29, 0.717) is 0 Å². The number of benzene rings is 1. The summed E-state index contributed by atoms with van der Waals surface area (Å²) in [5.41, 5.74) is 1.10. The largest absolute Gasteiger partial charge is 0.326 e. The van der Waals surface area contributed by atoms with E-state index in [4.69, 9.17) is 11.6 Å². The highest BCUT2D eigenvalue weighted by atomic mass is 35.5. The van der Waals surface area contributed by atoms with Gasteiger partial charge in [-0.05, 0) is 29.0 Å². The Balaban J connectivity index is 1.98. The number of hydrogen-bond acceptors (Lipinski definition) is 4. The summed E-state index contributed by atoms with van der Waals surface area (Å²) in [6.45, 7) is 0.940. The van der Waals surface area contributed by atoms with Crippen LogP contribution in [0.2, 0.25) is 5.02 Å². The topological polar surface area (TPSA) is 76.7 Å². The Morgan fingerprint density at radius 2 is 2.23 bits per heavy atom. The van der Waals surface area contributed by atoms with Gasteiger partial charge in [-0.2, -0.15) is 11.3 Å². The Labute approximate surface area is 136 Å². The van der Waals surface area contributed by atoms with E-state index in [1.807, 2.05) is 23.9 Å². The molecular weight excluding hydrogens is 326 g/mol. The van der Waals surface area contributed by atoms with Gasteiger partial charge in [0.05, 0.1) is 12.0 Å². The molecule has 1 aromatic carbocycles. The second kappa shape index (κ2) is 7.35. The summed E-state index contributed by atoms with van der Waals surface area (Å²) in [6, 6.07) is 6.17. The number of nitrogens with zero attached hydrogens (tertiary/aromatic N) is 1. The van der Waals surface area contributed by atoms with Crippen LogP contribution in [-0.2, 0) is 11.3 Å². The van der Waals surface area contributed by atoms with Crippen LogP contribution in [0.1, 0.15) is 5.56 Å². The van der Waals surface area contributed by atoms with Gasteiger partial charge in [0.1, 0.15) is 12.2 Å². The molecule has 0 saturated heterocycles. The maximum Gasteiger partial charge on any atom is 0.294 e. The monoisotopic (exact) mass is 340 g/mol. The maximum atomic E-state index is 12.0. The van der Waals surface area contributed by atoms with Crippen molar-refractivity contribution in [3.63, 3.8) is 0 Å². The number of carbonyl (C=O) groups is 1. The van der Waals surface area contributed by atoms with Crippen molar-refractivity contribution in [3.05, 3.63) is 55.7 Å². The molecule has 2 N–H and O–H groups in total. The normalized spacial score (nSPS) is 11.9. The lowest BCUT2D eigenvalue weighted by Crippen LogP contribution is -3.08. The third kappa shape index (κ3) is 4.52. The van der Waals surface area contributed by atoms with E-state index in [1.165, 1.54) is 18.2 Å². The van der Waals surface area contributed by atoms with Crippen LogP contribution in [0.25, 0.3) is 0 Å². The van der Waals surface area contributed by atoms with Crippen LogP contribution in [0.15, 0.2) is 35.0 Å². The fourth-order valence-corrected chi connectivity index (χ4v) is 2.87. The van der Waals surface area contributed by atoms with Gasteiger partial charge in [0.15, 0.2) is 6.54 Å². The molecule has 1 amide bonds. The quantitative estimate of drug-likeness (QED) is 0.623. The molecule has 1 atom stereocenters. The van der Waals surface area contributed by atoms with Crippen LogP contribution >= 0.6 is 22.9 Å². The summed E-state index contributed by atoms with van der Waals surface area (Å²) < 4.78 is 0. The lowest BCUT2D eigenvalue weighted by Gasteiger charge is -2.13. The summed E-state index contributed by atoms with van der Waals surface area (Å²) >= 11 is 7.35. The molecule has 0 bridgehead atoms. The average Bonchev–Trinajstić information content (AvgIpc) is 2.93. The maximum absolute atomic E-state index is 12.0. The average molecular weight is 341 g/mol. The van der Waals surface area contributed by atoms with Crippen molar-refractivity contribution in [1.82, 2.24) is 0 Å². The second-order valence-electron chi connectivity index (χ2n) is 4.91. The number of nitro benzene ring substituents is 1. The van der Waals surface area contributed by atoms with Crippen molar-refractivity contribution in [1.29, 1.82) is 0 Å². The van der Waals surface area contributed by atoms with Crippen LogP contribution in [0.5, 0.6) is 0 Å². The molecular formula is C14H15ClN3O3S+. The minimum absolute atomic E-state index is 0.155. The van der Waals surface area contributed by atoms with E-state index in [0.717, 1.165) is 17.0 Å². The van der Waals surface area contributed by atoms with E-state index in [-0.39, 0.29) is 28.8 Å². The van der Waals surface area contributed by atoms with Gasteiger partial charge in [0.2, 0.25) is 0 Å². The Hall–Kier alpha value is -1.96. The predicted octanol–water partition coefficient (Wildman–Crippen LogP) is 1.96. The summed E-state index contributed by atoms with van der Waals surface area (Å²) in [5, 5.41) is 17.8. The van der Waals surface area contributed by atoms with Gasteiger partial charge < -0.3 is 10.2 Å². The van der Waals surface area contributed by atoms with Crippen LogP contribution < -0.4 is 10.2 Å². The lowest BCUT2D eigenvalue weighted by molar-refractivity contribution is -0.885. The van der Waals surface area contributed by atoms with E-state index in [2.05, 4.69) is 5.32 Å². The molecule has 1 heterocycles. The molecule has 0 radical (unpaired) electrons.